The highest BCUT2D eigenvalue weighted by molar-refractivity contribution is 5.85. The van der Waals surface area contributed by atoms with Crippen LogP contribution in [0, 0.1) is 0 Å². The molecule has 25 heavy (non-hydrogen) atoms. The molecule has 3 atom stereocenters. The van der Waals surface area contributed by atoms with Gasteiger partial charge in [-0.15, -0.1) is 12.4 Å². The van der Waals surface area contributed by atoms with E-state index in [1.54, 1.807) is 0 Å². The first kappa shape index (κ1) is 18.7. The second kappa shape index (κ2) is 7.65. The number of hydrogen-bond acceptors (Lipinski definition) is 3. The number of nitrogens with one attached hydrogen (secondary N) is 1. The lowest BCUT2D eigenvalue weighted by atomic mass is 9.66. The van der Waals surface area contributed by atoms with Crippen LogP contribution in [0.4, 0.5) is 0 Å². The minimum Gasteiger partial charge on any atom is -0.375 e. The van der Waals surface area contributed by atoms with Crippen LogP contribution < -0.4 is 5.32 Å². The van der Waals surface area contributed by atoms with Crippen LogP contribution in [0.1, 0.15) is 43.7 Å². The van der Waals surface area contributed by atoms with Gasteiger partial charge in [-0.25, -0.2) is 0 Å². The van der Waals surface area contributed by atoms with E-state index in [2.05, 4.69) is 34.5 Å². The van der Waals surface area contributed by atoms with Gasteiger partial charge in [0.1, 0.15) is 6.04 Å². The Morgan fingerprint density at radius 2 is 2.08 bits per heavy atom. The summed E-state index contributed by atoms with van der Waals surface area (Å²) in [6, 6.07) is 8.69. The van der Waals surface area contributed by atoms with Gasteiger partial charge in [0.25, 0.3) is 0 Å². The molecule has 0 radical (unpaired) electrons. The molecule has 0 saturated carbocycles. The fraction of sp³-hybridized carbons (Fsp3) is 0.650. The zero-order valence-corrected chi connectivity index (χ0v) is 15.8. The van der Waals surface area contributed by atoms with Crippen molar-refractivity contribution < 1.29 is 9.53 Å². The number of piperidine rings is 1. The van der Waals surface area contributed by atoms with Crippen molar-refractivity contribution in [3.63, 3.8) is 0 Å². The highest BCUT2D eigenvalue weighted by Gasteiger charge is 2.43. The molecule has 4 nitrogen and oxygen atoms in total. The molecule has 4 rings (SSSR count). The van der Waals surface area contributed by atoms with E-state index in [9.17, 15) is 4.79 Å². The second-order valence-electron chi connectivity index (χ2n) is 7.66. The summed E-state index contributed by atoms with van der Waals surface area (Å²) in [6.07, 6.45) is 5.89. The molecule has 2 fully saturated rings. The van der Waals surface area contributed by atoms with Crippen molar-refractivity contribution in [2.45, 2.75) is 56.6 Å². The molecular formula is C20H29ClN2O2. The summed E-state index contributed by atoms with van der Waals surface area (Å²) in [5.41, 5.74) is 3.15. The summed E-state index contributed by atoms with van der Waals surface area (Å²) in [6.45, 7) is 5.22. The summed E-state index contributed by atoms with van der Waals surface area (Å²) < 4.78 is 5.69. The summed E-state index contributed by atoms with van der Waals surface area (Å²) in [4.78, 5) is 15.2. The van der Waals surface area contributed by atoms with E-state index >= 15 is 0 Å². The first-order valence-corrected chi connectivity index (χ1v) is 9.42. The smallest absolute Gasteiger partial charge is 0.242 e. The molecule has 2 heterocycles. The van der Waals surface area contributed by atoms with Crippen LogP contribution in [-0.2, 0) is 21.4 Å². The predicted octanol–water partition coefficient (Wildman–Crippen LogP) is 2.68. The van der Waals surface area contributed by atoms with E-state index in [0.29, 0.717) is 6.61 Å². The number of morpholine rings is 1. The van der Waals surface area contributed by atoms with Crippen molar-refractivity contribution in [2.75, 3.05) is 26.2 Å². The van der Waals surface area contributed by atoms with Crippen LogP contribution in [-0.4, -0.2) is 49.2 Å². The number of likely N-dealkylation sites (tertiary alicyclic amines) is 1. The minimum atomic E-state index is -0.187. The molecule has 138 valence electrons. The van der Waals surface area contributed by atoms with Gasteiger partial charge in [-0.2, -0.15) is 0 Å². The number of carbonyl (C=O) groups is 1. The number of halogens is 1. The van der Waals surface area contributed by atoms with E-state index in [1.807, 2.05) is 6.92 Å². The quantitative estimate of drug-likeness (QED) is 0.833. The van der Waals surface area contributed by atoms with Crippen LogP contribution in [0.5, 0.6) is 0 Å². The van der Waals surface area contributed by atoms with Crippen LogP contribution in [0.3, 0.4) is 0 Å². The van der Waals surface area contributed by atoms with E-state index in [0.717, 1.165) is 26.1 Å². The van der Waals surface area contributed by atoms with Crippen LogP contribution in [0.2, 0.25) is 0 Å². The third kappa shape index (κ3) is 3.44. The Kier molecular flexibility index (Phi) is 5.71. The maximum atomic E-state index is 13.1. The fourth-order valence-corrected chi connectivity index (χ4v) is 4.96. The molecule has 3 aliphatic rings. The molecule has 1 aromatic carbocycles. The average Bonchev–Trinajstić information content (AvgIpc) is 2.62. The number of rotatable bonds is 1. The zero-order chi connectivity index (χ0) is 16.6. The molecule has 1 spiro atoms. The number of ether oxygens (including phenoxy) is 1. The van der Waals surface area contributed by atoms with Gasteiger partial charge in [-0.3, -0.25) is 4.79 Å². The molecule has 1 N–H and O–H groups in total. The summed E-state index contributed by atoms with van der Waals surface area (Å²) in [5.74, 6) is 0.226. The monoisotopic (exact) mass is 364 g/mol. The minimum absolute atomic E-state index is 0. The average molecular weight is 365 g/mol. The van der Waals surface area contributed by atoms with Crippen molar-refractivity contribution in [1.29, 1.82) is 0 Å². The molecule has 1 aromatic rings. The highest BCUT2D eigenvalue weighted by atomic mass is 35.5. The Bertz CT molecular complexity index is 623. The SMILES string of the molecule is C[C@H]1OCCN[C@@H]1C(=O)N1CCCC2(CCCc3ccccc32)C1.Cl. The van der Waals surface area contributed by atoms with Crippen LogP contribution in [0.15, 0.2) is 24.3 Å². The molecule has 1 aliphatic carbocycles. The zero-order valence-electron chi connectivity index (χ0n) is 15.0. The van der Waals surface area contributed by atoms with Gasteiger partial charge in [-0.05, 0) is 50.2 Å². The number of amides is 1. The lowest BCUT2D eigenvalue weighted by Crippen LogP contribution is -2.59. The van der Waals surface area contributed by atoms with Gasteiger partial charge in [0.2, 0.25) is 5.91 Å². The number of nitrogens with zero attached hydrogens (tertiary/aromatic N) is 1. The number of carbonyl (C=O) groups excluding carboxylic acids is 1. The first-order chi connectivity index (χ1) is 11.7. The topological polar surface area (TPSA) is 41.6 Å². The Morgan fingerprint density at radius 3 is 2.92 bits per heavy atom. The van der Waals surface area contributed by atoms with Crippen molar-refractivity contribution in [3.8, 4) is 0 Å². The summed E-state index contributed by atoms with van der Waals surface area (Å²) >= 11 is 0. The van der Waals surface area contributed by atoms with Crippen LogP contribution >= 0.6 is 12.4 Å². The van der Waals surface area contributed by atoms with E-state index < -0.39 is 0 Å². The maximum absolute atomic E-state index is 13.1. The number of hydrogen-bond donors (Lipinski definition) is 1. The molecule has 2 aliphatic heterocycles. The van der Waals surface area contributed by atoms with Crippen molar-refractivity contribution in [3.05, 3.63) is 35.4 Å². The fourth-order valence-electron chi connectivity index (χ4n) is 4.96. The molecule has 5 heteroatoms. The highest BCUT2D eigenvalue weighted by Crippen LogP contribution is 2.43. The van der Waals surface area contributed by atoms with Gasteiger partial charge < -0.3 is 15.0 Å². The molecular weight excluding hydrogens is 336 g/mol. The van der Waals surface area contributed by atoms with Gasteiger partial charge >= 0.3 is 0 Å². The normalized spacial score (nSPS) is 32.0. The van der Waals surface area contributed by atoms with Gasteiger partial charge in [0.15, 0.2) is 0 Å². The number of fused-ring (bicyclic) bond motifs is 2. The predicted molar refractivity (Wildman–Crippen MR) is 101 cm³/mol. The first-order valence-electron chi connectivity index (χ1n) is 9.42. The lowest BCUT2D eigenvalue weighted by Gasteiger charge is -2.47. The Hall–Kier alpha value is -1.10. The third-order valence-electron chi connectivity index (χ3n) is 6.16. The maximum Gasteiger partial charge on any atom is 0.242 e. The van der Waals surface area contributed by atoms with Crippen molar-refractivity contribution >= 4 is 18.3 Å². The van der Waals surface area contributed by atoms with Gasteiger partial charge in [0, 0.05) is 25.0 Å². The van der Waals surface area contributed by atoms with E-state index in [-0.39, 0.29) is 35.9 Å². The number of benzene rings is 1. The molecule has 1 unspecified atom stereocenters. The van der Waals surface area contributed by atoms with Gasteiger partial charge in [0.05, 0.1) is 12.7 Å². The van der Waals surface area contributed by atoms with E-state index in [1.165, 1.54) is 36.8 Å². The second-order valence-corrected chi connectivity index (χ2v) is 7.66. The molecule has 1 amide bonds. The molecule has 0 aromatic heterocycles. The van der Waals surface area contributed by atoms with Crippen molar-refractivity contribution in [2.24, 2.45) is 0 Å². The molecule has 2 saturated heterocycles. The van der Waals surface area contributed by atoms with E-state index in [4.69, 9.17) is 4.74 Å². The summed E-state index contributed by atoms with van der Waals surface area (Å²) in [7, 11) is 0. The van der Waals surface area contributed by atoms with Crippen LogP contribution in [0.25, 0.3) is 0 Å². The standard InChI is InChI=1S/C20H28N2O2.ClH/c1-15-18(21-11-13-24-15)19(23)22-12-5-10-20(14-22)9-4-7-16-6-2-3-8-17(16)20;/h2-3,6,8,15,18,21H,4-5,7,9-14H2,1H3;1H/t15-,18+,20?;/m1./s1. The third-order valence-corrected chi connectivity index (χ3v) is 6.16. The molecule has 0 bridgehead atoms. The largest absolute Gasteiger partial charge is 0.375 e. The lowest BCUT2D eigenvalue weighted by molar-refractivity contribution is -0.142. The Morgan fingerprint density at radius 1 is 1.28 bits per heavy atom. The van der Waals surface area contributed by atoms with Gasteiger partial charge in [-0.1, -0.05) is 24.3 Å². The van der Waals surface area contributed by atoms with Crippen molar-refractivity contribution in [1.82, 2.24) is 10.2 Å². The Balaban J connectivity index is 0.00000182. The Labute approximate surface area is 156 Å². The number of aryl methyl sites for hydroxylation is 1. The summed E-state index contributed by atoms with van der Waals surface area (Å²) in [5, 5.41) is 3.36.